The maximum Gasteiger partial charge on any atom is 0.0397 e. The fourth-order valence-electron chi connectivity index (χ4n) is 2.43. The second kappa shape index (κ2) is 3.76. The fourth-order valence-corrected chi connectivity index (χ4v) is 2.43. The van der Waals surface area contributed by atoms with E-state index in [-0.39, 0.29) is 0 Å². The molecule has 0 unspecified atom stereocenters. The number of nitrogen functional groups attached to an aromatic ring is 1. The average Bonchev–Trinajstić information content (AvgIpc) is 2.28. The van der Waals surface area contributed by atoms with Gasteiger partial charge in [0.1, 0.15) is 0 Å². The first kappa shape index (κ1) is 10.3. The molecular weight excluding hydrogens is 184 g/mol. The summed E-state index contributed by atoms with van der Waals surface area (Å²) in [5.41, 5.74) is 9.60. The van der Waals surface area contributed by atoms with Crippen molar-refractivity contribution in [2.24, 2.45) is 0 Å². The SMILES string of the molecule is CCC1(CC)CCc2ccc(N)cc2N1. The van der Waals surface area contributed by atoms with Crippen LogP contribution in [-0.2, 0) is 6.42 Å². The Morgan fingerprint density at radius 3 is 2.73 bits per heavy atom. The van der Waals surface area contributed by atoms with Crippen LogP contribution in [0.25, 0.3) is 0 Å². The van der Waals surface area contributed by atoms with Crippen LogP contribution in [0.1, 0.15) is 38.7 Å². The molecule has 0 saturated carbocycles. The predicted octanol–water partition coefficient (Wildman–Crippen LogP) is 3.19. The van der Waals surface area contributed by atoms with E-state index in [2.05, 4.69) is 31.3 Å². The van der Waals surface area contributed by atoms with Crippen molar-refractivity contribution in [3.8, 4) is 0 Å². The molecule has 82 valence electrons. The minimum Gasteiger partial charge on any atom is -0.399 e. The third-order valence-electron chi connectivity index (χ3n) is 3.76. The number of anilines is 2. The molecule has 1 aliphatic rings. The van der Waals surface area contributed by atoms with Gasteiger partial charge in [-0.3, -0.25) is 0 Å². The Labute approximate surface area is 91.9 Å². The third kappa shape index (κ3) is 1.81. The lowest BCUT2D eigenvalue weighted by Gasteiger charge is -2.39. The van der Waals surface area contributed by atoms with Gasteiger partial charge in [-0.05, 0) is 43.4 Å². The van der Waals surface area contributed by atoms with Crippen LogP contribution >= 0.6 is 0 Å². The molecular formula is C13H20N2. The monoisotopic (exact) mass is 204 g/mol. The van der Waals surface area contributed by atoms with E-state index in [0.717, 1.165) is 5.69 Å². The van der Waals surface area contributed by atoms with Crippen LogP contribution in [0.2, 0.25) is 0 Å². The first-order chi connectivity index (χ1) is 7.19. The molecule has 0 fully saturated rings. The summed E-state index contributed by atoms with van der Waals surface area (Å²) in [7, 11) is 0. The standard InChI is InChI=1S/C13H20N2/c1-3-13(4-2)8-7-10-5-6-11(14)9-12(10)15-13/h5-6,9,15H,3-4,7-8,14H2,1-2H3. The van der Waals surface area contributed by atoms with Gasteiger partial charge in [-0.2, -0.15) is 0 Å². The van der Waals surface area contributed by atoms with Crippen molar-refractivity contribution in [1.82, 2.24) is 0 Å². The van der Waals surface area contributed by atoms with Gasteiger partial charge < -0.3 is 11.1 Å². The molecule has 1 aliphatic heterocycles. The zero-order valence-electron chi connectivity index (χ0n) is 9.64. The summed E-state index contributed by atoms with van der Waals surface area (Å²) >= 11 is 0. The van der Waals surface area contributed by atoms with Crippen LogP contribution in [-0.4, -0.2) is 5.54 Å². The third-order valence-corrected chi connectivity index (χ3v) is 3.76. The molecule has 0 radical (unpaired) electrons. The Bertz CT molecular complexity index is 354. The number of rotatable bonds is 2. The predicted molar refractivity (Wildman–Crippen MR) is 66.1 cm³/mol. The highest BCUT2D eigenvalue weighted by Crippen LogP contribution is 2.35. The van der Waals surface area contributed by atoms with E-state index in [1.165, 1.54) is 36.9 Å². The number of nitrogens with one attached hydrogen (secondary N) is 1. The molecule has 0 aromatic heterocycles. The minimum atomic E-state index is 0.292. The minimum absolute atomic E-state index is 0.292. The second-order valence-electron chi connectivity index (χ2n) is 4.53. The fraction of sp³-hybridized carbons (Fsp3) is 0.538. The van der Waals surface area contributed by atoms with Crippen molar-refractivity contribution >= 4 is 11.4 Å². The van der Waals surface area contributed by atoms with Gasteiger partial charge in [0.25, 0.3) is 0 Å². The van der Waals surface area contributed by atoms with Crippen LogP contribution in [0.3, 0.4) is 0 Å². The van der Waals surface area contributed by atoms with E-state index < -0.39 is 0 Å². The number of nitrogens with two attached hydrogens (primary N) is 1. The van der Waals surface area contributed by atoms with Gasteiger partial charge >= 0.3 is 0 Å². The molecule has 0 atom stereocenters. The second-order valence-corrected chi connectivity index (χ2v) is 4.53. The molecule has 2 rings (SSSR count). The van der Waals surface area contributed by atoms with Gasteiger partial charge in [-0.1, -0.05) is 19.9 Å². The molecule has 2 nitrogen and oxygen atoms in total. The average molecular weight is 204 g/mol. The van der Waals surface area contributed by atoms with Crippen molar-refractivity contribution in [2.75, 3.05) is 11.1 Å². The van der Waals surface area contributed by atoms with Gasteiger partial charge in [-0.25, -0.2) is 0 Å². The summed E-state index contributed by atoms with van der Waals surface area (Å²) in [6.45, 7) is 4.52. The van der Waals surface area contributed by atoms with Crippen LogP contribution in [0, 0.1) is 0 Å². The largest absolute Gasteiger partial charge is 0.399 e. The Kier molecular flexibility index (Phi) is 2.59. The van der Waals surface area contributed by atoms with E-state index in [4.69, 9.17) is 5.73 Å². The van der Waals surface area contributed by atoms with Gasteiger partial charge in [0.15, 0.2) is 0 Å². The van der Waals surface area contributed by atoms with Gasteiger partial charge in [-0.15, -0.1) is 0 Å². The Hall–Kier alpha value is -1.18. The van der Waals surface area contributed by atoms with E-state index in [0.29, 0.717) is 5.54 Å². The molecule has 0 amide bonds. The van der Waals surface area contributed by atoms with Crippen LogP contribution in [0.4, 0.5) is 11.4 Å². The lowest BCUT2D eigenvalue weighted by molar-refractivity contribution is 0.392. The topological polar surface area (TPSA) is 38.0 Å². The molecule has 0 aliphatic carbocycles. The van der Waals surface area contributed by atoms with Gasteiger partial charge in [0, 0.05) is 16.9 Å². The smallest absolute Gasteiger partial charge is 0.0397 e. The first-order valence-electron chi connectivity index (χ1n) is 5.86. The molecule has 0 saturated heterocycles. The van der Waals surface area contributed by atoms with Gasteiger partial charge in [0.2, 0.25) is 0 Å². The first-order valence-corrected chi connectivity index (χ1v) is 5.86. The highest BCUT2D eigenvalue weighted by molar-refractivity contribution is 5.62. The van der Waals surface area contributed by atoms with Crippen molar-refractivity contribution in [1.29, 1.82) is 0 Å². The van der Waals surface area contributed by atoms with Gasteiger partial charge in [0.05, 0.1) is 0 Å². The van der Waals surface area contributed by atoms with Crippen molar-refractivity contribution < 1.29 is 0 Å². The summed E-state index contributed by atoms with van der Waals surface area (Å²) < 4.78 is 0. The maximum absolute atomic E-state index is 5.81. The molecule has 3 N–H and O–H groups in total. The molecule has 15 heavy (non-hydrogen) atoms. The summed E-state index contributed by atoms with van der Waals surface area (Å²) in [6.07, 6.45) is 4.76. The number of benzene rings is 1. The lowest BCUT2D eigenvalue weighted by Crippen LogP contribution is -2.40. The van der Waals surface area contributed by atoms with E-state index >= 15 is 0 Å². The molecule has 1 aromatic carbocycles. The molecule has 2 heteroatoms. The highest BCUT2D eigenvalue weighted by Gasteiger charge is 2.30. The lowest BCUT2D eigenvalue weighted by atomic mass is 9.82. The zero-order valence-corrected chi connectivity index (χ0v) is 9.64. The summed E-state index contributed by atoms with van der Waals surface area (Å²) in [5, 5.41) is 3.67. The van der Waals surface area contributed by atoms with Crippen LogP contribution in [0.5, 0.6) is 0 Å². The van der Waals surface area contributed by atoms with E-state index in [1.54, 1.807) is 0 Å². The summed E-state index contributed by atoms with van der Waals surface area (Å²) in [4.78, 5) is 0. The van der Waals surface area contributed by atoms with E-state index in [9.17, 15) is 0 Å². The number of fused-ring (bicyclic) bond motifs is 1. The van der Waals surface area contributed by atoms with E-state index in [1.807, 2.05) is 6.07 Å². The van der Waals surface area contributed by atoms with Crippen LogP contribution < -0.4 is 11.1 Å². The molecule has 1 heterocycles. The Balaban J connectivity index is 2.32. The number of hydrogen-bond acceptors (Lipinski definition) is 2. The van der Waals surface area contributed by atoms with Crippen molar-refractivity contribution in [3.63, 3.8) is 0 Å². The molecule has 0 spiro atoms. The summed E-state index contributed by atoms with van der Waals surface area (Å²) in [5.74, 6) is 0. The quantitative estimate of drug-likeness (QED) is 0.726. The van der Waals surface area contributed by atoms with Crippen LogP contribution in [0.15, 0.2) is 18.2 Å². The molecule has 1 aromatic rings. The number of hydrogen-bond donors (Lipinski definition) is 2. The Morgan fingerprint density at radius 2 is 2.07 bits per heavy atom. The van der Waals surface area contributed by atoms with Crippen molar-refractivity contribution in [2.45, 2.75) is 45.1 Å². The van der Waals surface area contributed by atoms with Crippen molar-refractivity contribution in [3.05, 3.63) is 23.8 Å². The highest BCUT2D eigenvalue weighted by atomic mass is 15.0. The molecule has 0 bridgehead atoms. The summed E-state index contributed by atoms with van der Waals surface area (Å²) in [6, 6.07) is 6.20. The zero-order chi connectivity index (χ0) is 10.9. The maximum atomic E-state index is 5.81. The normalized spacial score (nSPS) is 18.0. The Morgan fingerprint density at radius 1 is 1.33 bits per heavy atom. The number of aryl methyl sites for hydroxylation is 1.